The number of unbranched alkanes of at least 4 members (excludes halogenated alkanes) is 19. The predicted molar refractivity (Wildman–Crippen MR) is 182 cm³/mol. The van der Waals surface area contributed by atoms with Crippen molar-refractivity contribution in [2.45, 2.75) is 174 Å². The molecule has 0 aromatic heterocycles. The van der Waals surface area contributed by atoms with E-state index in [1.54, 1.807) is 0 Å². The molecule has 0 saturated carbocycles. The van der Waals surface area contributed by atoms with Crippen LogP contribution >= 0.6 is 7.82 Å². The summed E-state index contributed by atoms with van der Waals surface area (Å²) in [5.41, 5.74) is 0. The quantitative estimate of drug-likeness (QED) is 0.0263. The zero-order chi connectivity index (χ0) is 33.3. The lowest BCUT2D eigenvalue weighted by Crippen LogP contribution is -2.29. The SMILES string of the molecule is CCCCCCC/C=C\CCCCCCCCOCC(COP(=O)(O)OCC(O)CO)OC(=O)CCCCCCCCCCC. The largest absolute Gasteiger partial charge is 0.472 e. The monoisotopic (exact) mass is 664 g/mol. The van der Waals surface area contributed by atoms with Gasteiger partial charge in [-0.2, -0.15) is 0 Å². The van der Waals surface area contributed by atoms with Crippen LogP contribution in [0, 0.1) is 0 Å². The van der Waals surface area contributed by atoms with Crippen molar-refractivity contribution >= 4 is 13.8 Å². The average molecular weight is 665 g/mol. The van der Waals surface area contributed by atoms with Crippen LogP contribution in [0.15, 0.2) is 12.2 Å². The number of phosphoric ester groups is 1. The van der Waals surface area contributed by atoms with Crippen LogP contribution in [0.5, 0.6) is 0 Å². The summed E-state index contributed by atoms with van der Waals surface area (Å²) in [5, 5.41) is 18.2. The third-order valence-electron chi connectivity index (χ3n) is 7.70. The van der Waals surface area contributed by atoms with E-state index in [9.17, 15) is 19.4 Å². The highest BCUT2D eigenvalue weighted by molar-refractivity contribution is 7.47. The number of aliphatic hydroxyl groups excluding tert-OH is 2. The molecular weight excluding hydrogens is 595 g/mol. The molecule has 268 valence electrons. The first-order valence-corrected chi connectivity index (χ1v) is 19.7. The number of hydrogen-bond acceptors (Lipinski definition) is 8. The molecule has 0 amide bonds. The minimum Gasteiger partial charge on any atom is -0.457 e. The maximum absolute atomic E-state index is 12.5. The Morgan fingerprint density at radius 3 is 1.67 bits per heavy atom. The molecule has 0 saturated heterocycles. The number of esters is 1. The first-order valence-electron chi connectivity index (χ1n) is 18.2. The van der Waals surface area contributed by atoms with Gasteiger partial charge in [0.25, 0.3) is 0 Å². The molecule has 0 aromatic carbocycles. The second kappa shape index (κ2) is 33.1. The van der Waals surface area contributed by atoms with Gasteiger partial charge < -0.3 is 24.6 Å². The maximum Gasteiger partial charge on any atom is 0.472 e. The van der Waals surface area contributed by atoms with Crippen molar-refractivity contribution in [3.05, 3.63) is 12.2 Å². The number of aliphatic hydroxyl groups is 2. The van der Waals surface area contributed by atoms with Crippen molar-refractivity contribution in [3.63, 3.8) is 0 Å². The first-order chi connectivity index (χ1) is 21.8. The van der Waals surface area contributed by atoms with E-state index >= 15 is 0 Å². The van der Waals surface area contributed by atoms with Crippen LogP contribution in [0.3, 0.4) is 0 Å². The fourth-order valence-electron chi connectivity index (χ4n) is 4.88. The van der Waals surface area contributed by atoms with Crippen molar-refractivity contribution in [2.24, 2.45) is 0 Å². The van der Waals surface area contributed by atoms with Gasteiger partial charge >= 0.3 is 13.8 Å². The predicted octanol–water partition coefficient (Wildman–Crippen LogP) is 8.97. The van der Waals surface area contributed by atoms with E-state index in [1.807, 2.05) is 0 Å². The Balaban J connectivity index is 4.21. The Kier molecular flexibility index (Phi) is 32.5. The molecule has 45 heavy (non-hydrogen) atoms. The highest BCUT2D eigenvalue weighted by Crippen LogP contribution is 2.43. The number of hydrogen-bond donors (Lipinski definition) is 3. The van der Waals surface area contributed by atoms with Crippen LogP contribution in [0.4, 0.5) is 0 Å². The average Bonchev–Trinajstić information content (AvgIpc) is 3.03. The smallest absolute Gasteiger partial charge is 0.457 e. The summed E-state index contributed by atoms with van der Waals surface area (Å²) in [6.07, 6.45) is 28.9. The molecule has 0 aliphatic rings. The van der Waals surface area contributed by atoms with Crippen molar-refractivity contribution in [3.8, 4) is 0 Å². The van der Waals surface area contributed by atoms with Crippen LogP contribution in [-0.4, -0.2) is 66.3 Å². The van der Waals surface area contributed by atoms with E-state index in [0.29, 0.717) is 6.61 Å². The van der Waals surface area contributed by atoms with Gasteiger partial charge in [-0.15, -0.1) is 0 Å². The summed E-state index contributed by atoms with van der Waals surface area (Å²) in [6.45, 7) is 3.47. The number of allylic oxidation sites excluding steroid dienone is 2. The van der Waals surface area contributed by atoms with Crippen LogP contribution in [0.2, 0.25) is 0 Å². The highest BCUT2D eigenvalue weighted by atomic mass is 31.2. The second-order valence-electron chi connectivity index (χ2n) is 12.2. The normalized spacial score (nSPS) is 14.5. The lowest BCUT2D eigenvalue weighted by atomic mass is 10.1. The molecule has 0 aliphatic carbocycles. The molecule has 3 N–H and O–H groups in total. The Morgan fingerprint density at radius 2 is 1.13 bits per heavy atom. The molecule has 0 aromatic rings. The van der Waals surface area contributed by atoms with E-state index in [2.05, 4.69) is 26.0 Å². The Labute approximate surface area is 275 Å². The molecule has 0 rings (SSSR count). The molecule has 0 radical (unpaired) electrons. The summed E-state index contributed by atoms with van der Waals surface area (Å²) < 4.78 is 33.1. The van der Waals surface area contributed by atoms with Gasteiger partial charge in [-0.05, 0) is 38.5 Å². The van der Waals surface area contributed by atoms with E-state index in [-0.39, 0.29) is 25.6 Å². The minimum absolute atomic E-state index is 0.0493. The zero-order valence-corrected chi connectivity index (χ0v) is 29.7. The standard InChI is InChI=1S/C35H69O9P/c1-3-5-7-9-11-13-14-15-16-17-18-20-22-24-26-28-41-31-34(32-43-45(39,40)42-30-33(37)29-36)44-35(38)27-25-23-21-19-12-10-8-6-4-2/h14-15,33-34,36-37H,3-13,16-32H2,1-2H3,(H,39,40)/b15-14-. The third-order valence-corrected chi connectivity index (χ3v) is 8.65. The summed E-state index contributed by atoms with van der Waals surface area (Å²) in [5.74, 6) is -0.388. The van der Waals surface area contributed by atoms with Gasteiger partial charge in [0, 0.05) is 13.0 Å². The Bertz CT molecular complexity index is 719. The molecule has 0 aliphatic heterocycles. The van der Waals surface area contributed by atoms with E-state index < -0.39 is 33.2 Å². The van der Waals surface area contributed by atoms with Crippen LogP contribution in [0.25, 0.3) is 0 Å². The van der Waals surface area contributed by atoms with Crippen LogP contribution in [-0.2, 0) is 27.9 Å². The molecule has 9 nitrogen and oxygen atoms in total. The molecule has 0 bridgehead atoms. The van der Waals surface area contributed by atoms with Gasteiger partial charge in [0.05, 0.1) is 26.4 Å². The maximum atomic E-state index is 12.5. The lowest BCUT2D eigenvalue weighted by molar-refractivity contribution is -0.154. The van der Waals surface area contributed by atoms with Gasteiger partial charge in [0.15, 0.2) is 0 Å². The number of ether oxygens (including phenoxy) is 2. The number of carbonyl (C=O) groups is 1. The van der Waals surface area contributed by atoms with Crippen molar-refractivity contribution in [1.29, 1.82) is 0 Å². The summed E-state index contributed by atoms with van der Waals surface area (Å²) in [4.78, 5) is 22.3. The lowest BCUT2D eigenvalue weighted by Gasteiger charge is -2.20. The van der Waals surface area contributed by atoms with E-state index in [0.717, 1.165) is 44.9 Å². The third kappa shape index (κ3) is 32.9. The number of rotatable bonds is 35. The van der Waals surface area contributed by atoms with Crippen molar-refractivity contribution < 1.29 is 43.0 Å². The summed E-state index contributed by atoms with van der Waals surface area (Å²) in [7, 11) is -4.50. The van der Waals surface area contributed by atoms with Gasteiger partial charge in [-0.3, -0.25) is 13.8 Å². The number of phosphoric acid groups is 1. The Hall–Kier alpha value is -0.800. The van der Waals surface area contributed by atoms with E-state index in [4.69, 9.17) is 23.6 Å². The molecule has 3 unspecified atom stereocenters. The summed E-state index contributed by atoms with van der Waals surface area (Å²) in [6, 6.07) is 0. The summed E-state index contributed by atoms with van der Waals surface area (Å²) >= 11 is 0. The second-order valence-corrected chi connectivity index (χ2v) is 13.7. The zero-order valence-electron chi connectivity index (χ0n) is 28.8. The minimum atomic E-state index is -4.50. The highest BCUT2D eigenvalue weighted by Gasteiger charge is 2.26. The number of carbonyl (C=O) groups excluding carboxylic acids is 1. The van der Waals surface area contributed by atoms with Gasteiger partial charge in [0.1, 0.15) is 12.2 Å². The van der Waals surface area contributed by atoms with Crippen LogP contribution in [0.1, 0.15) is 162 Å². The van der Waals surface area contributed by atoms with Gasteiger partial charge in [-0.1, -0.05) is 129 Å². The molecule has 0 heterocycles. The fraction of sp³-hybridized carbons (Fsp3) is 0.914. The van der Waals surface area contributed by atoms with Gasteiger partial charge in [0.2, 0.25) is 0 Å². The molecule has 10 heteroatoms. The van der Waals surface area contributed by atoms with Crippen LogP contribution < -0.4 is 0 Å². The van der Waals surface area contributed by atoms with Gasteiger partial charge in [-0.25, -0.2) is 4.57 Å². The van der Waals surface area contributed by atoms with Crippen molar-refractivity contribution in [1.82, 2.24) is 0 Å². The fourth-order valence-corrected chi connectivity index (χ4v) is 5.67. The first kappa shape index (κ1) is 44.2. The topological polar surface area (TPSA) is 132 Å². The molecule has 0 fully saturated rings. The molecule has 3 atom stereocenters. The molecular formula is C35H69O9P. The molecule has 0 spiro atoms. The Morgan fingerprint density at radius 1 is 0.667 bits per heavy atom. The van der Waals surface area contributed by atoms with E-state index in [1.165, 1.54) is 96.3 Å². The van der Waals surface area contributed by atoms with Crippen molar-refractivity contribution in [2.75, 3.05) is 33.0 Å².